The van der Waals surface area contributed by atoms with Gasteiger partial charge in [0, 0.05) is 86.5 Å². The topological polar surface area (TPSA) is 14.2 Å². The van der Waals surface area contributed by atoms with Gasteiger partial charge in [0.15, 0.2) is 12.4 Å². The van der Waals surface area contributed by atoms with E-state index >= 15 is 0 Å². The third-order valence-corrected chi connectivity index (χ3v) is 9.66. The lowest BCUT2D eigenvalue weighted by atomic mass is 10.1. The molecule has 0 aliphatic carbocycles. The van der Waals surface area contributed by atoms with Gasteiger partial charge in [0.25, 0.3) is 0 Å². The van der Waals surface area contributed by atoms with Crippen molar-refractivity contribution in [1.29, 1.82) is 0 Å². The predicted octanol–water partition coefficient (Wildman–Crippen LogP) is 7.60. The van der Waals surface area contributed by atoms with Crippen LogP contribution in [0.25, 0.3) is 24.3 Å². The highest BCUT2D eigenvalue weighted by Crippen LogP contribution is 2.26. The molecule has 2 heterocycles. The zero-order valence-electron chi connectivity index (χ0n) is 25.4. The molecule has 0 N–H and O–H groups in total. The van der Waals surface area contributed by atoms with Crippen molar-refractivity contribution in [2.24, 2.45) is 0 Å². The van der Waals surface area contributed by atoms with Crippen LogP contribution in [0.4, 0.5) is 11.4 Å². The molecule has 6 heteroatoms. The minimum atomic E-state index is 0.962. The zero-order valence-corrected chi connectivity index (χ0v) is 27.0. The first-order valence-electron chi connectivity index (χ1n) is 14.8. The molecule has 4 rings (SSSR count). The van der Waals surface area contributed by atoms with Crippen LogP contribution < -0.4 is 18.9 Å². The molecule has 0 unspecified atom stereocenters. The minimum absolute atomic E-state index is 0.962. The third-order valence-electron chi connectivity index (χ3n) is 7.30. The molecule has 0 radical (unpaired) electrons. The lowest BCUT2D eigenvalue weighted by molar-refractivity contribution is -0.695. The molecule has 0 spiro atoms. The molecule has 0 bridgehead atoms. The van der Waals surface area contributed by atoms with E-state index in [1.54, 1.807) is 0 Å². The summed E-state index contributed by atoms with van der Waals surface area (Å²) in [7, 11) is 8.31. The molecule has 4 aromatic rings. The molecule has 42 heavy (non-hydrogen) atoms. The van der Waals surface area contributed by atoms with Crippen molar-refractivity contribution in [3.8, 4) is 0 Å². The number of hydrogen-bond acceptors (Lipinski definition) is 4. The SMILES string of the molecule is CC[n+]1ccccc1/C=C/c1ccccc1N(C)CCSSCCN(C)c1ccccc1/C=C/c1cccc[n+]1CC. The molecule has 0 saturated carbocycles. The van der Waals surface area contributed by atoms with Crippen molar-refractivity contribution in [2.75, 3.05) is 48.5 Å². The number of aromatic nitrogens is 2. The summed E-state index contributed by atoms with van der Waals surface area (Å²) in [5, 5.41) is 0. The molecule has 4 nitrogen and oxygen atoms in total. The van der Waals surface area contributed by atoms with Gasteiger partial charge in [0.2, 0.25) is 11.4 Å². The molecule has 0 amide bonds. The smallest absolute Gasteiger partial charge is 0.205 e. The summed E-state index contributed by atoms with van der Waals surface area (Å²) >= 11 is 0. The molecule has 2 aromatic heterocycles. The average Bonchev–Trinajstić information content (AvgIpc) is 3.04. The van der Waals surface area contributed by atoms with E-state index in [0.717, 1.165) is 37.7 Å². The quantitative estimate of drug-likeness (QED) is 0.0797. The van der Waals surface area contributed by atoms with Gasteiger partial charge < -0.3 is 9.80 Å². The van der Waals surface area contributed by atoms with Gasteiger partial charge in [-0.05, 0) is 61.4 Å². The molecule has 0 aliphatic heterocycles. The Labute approximate surface area is 260 Å². The Morgan fingerprint density at radius 1 is 0.548 bits per heavy atom. The Hall–Kier alpha value is -3.48. The van der Waals surface area contributed by atoms with Gasteiger partial charge in [-0.2, -0.15) is 9.13 Å². The number of rotatable bonds is 15. The normalized spacial score (nSPS) is 11.4. The van der Waals surface area contributed by atoms with E-state index in [1.165, 1.54) is 33.9 Å². The summed E-state index contributed by atoms with van der Waals surface area (Å²) in [6.07, 6.45) is 13.2. The Morgan fingerprint density at radius 2 is 0.952 bits per heavy atom. The highest BCUT2D eigenvalue weighted by molar-refractivity contribution is 8.76. The van der Waals surface area contributed by atoms with Crippen molar-refractivity contribution in [1.82, 2.24) is 0 Å². The van der Waals surface area contributed by atoms with E-state index in [4.69, 9.17) is 0 Å². The van der Waals surface area contributed by atoms with E-state index in [2.05, 4.69) is 169 Å². The molecular weight excluding hydrogens is 553 g/mol. The zero-order chi connectivity index (χ0) is 29.6. The monoisotopic (exact) mass is 596 g/mol. The van der Waals surface area contributed by atoms with Gasteiger partial charge in [-0.3, -0.25) is 0 Å². The maximum Gasteiger partial charge on any atom is 0.205 e. The van der Waals surface area contributed by atoms with E-state index in [-0.39, 0.29) is 0 Å². The van der Waals surface area contributed by atoms with E-state index in [0.29, 0.717) is 0 Å². The predicted molar refractivity (Wildman–Crippen MR) is 187 cm³/mol. The Kier molecular flexibility index (Phi) is 12.6. The van der Waals surface area contributed by atoms with Crippen molar-refractivity contribution in [3.05, 3.63) is 120 Å². The van der Waals surface area contributed by atoms with Crippen LogP contribution in [0.3, 0.4) is 0 Å². The number of nitrogens with zero attached hydrogens (tertiary/aromatic N) is 4. The van der Waals surface area contributed by atoms with Crippen LogP contribution in [0.1, 0.15) is 36.4 Å². The van der Waals surface area contributed by atoms with Gasteiger partial charge in [-0.25, -0.2) is 0 Å². The highest BCUT2D eigenvalue weighted by atomic mass is 33.1. The second-order valence-corrected chi connectivity index (χ2v) is 12.8. The van der Waals surface area contributed by atoms with E-state index < -0.39 is 0 Å². The Morgan fingerprint density at radius 3 is 1.38 bits per heavy atom. The first kappa shape index (κ1) is 31.5. The second-order valence-electron chi connectivity index (χ2n) is 10.1. The fourth-order valence-electron chi connectivity index (χ4n) is 4.87. The molecule has 218 valence electrons. The van der Waals surface area contributed by atoms with Crippen LogP contribution >= 0.6 is 21.6 Å². The van der Waals surface area contributed by atoms with Crippen LogP contribution in [0, 0.1) is 0 Å². The lowest BCUT2D eigenvalue weighted by Gasteiger charge is -2.22. The van der Waals surface area contributed by atoms with Crippen molar-refractivity contribution >= 4 is 57.3 Å². The first-order valence-corrected chi connectivity index (χ1v) is 17.3. The van der Waals surface area contributed by atoms with Crippen LogP contribution in [0.5, 0.6) is 0 Å². The van der Waals surface area contributed by atoms with Gasteiger partial charge in [0.05, 0.1) is 0 Å². The standard InChI is InChI=1S/C36H44N4S2/c1-5-39-25-13-11-17-33(39)23-21-31-15-7-9-19-35(31)37(3)27-29-41-42-30-28-38(4)36-20-10-8-16-32(36)22-24-34-18-12-14-26-40(34)6-2/h7-26H,5-6,27-30H2,1-4H3/q+2. The summed E-state index contributed by atoms with van der Waals surface area (Å²) in [6.45, 7) is 8.29. The Bertz CT molecular complexity index is 1360. The second kappa shape index (κ2) is 16.8. The van der Waals surface area contributed by atoms with Gasteiger partial charge in [-0.15, -0.1) is 0 Å². The molecule has 0 fully saturated rings. The molecule has 0 saturated heterocycles. The summed E-state index contributed by atoms with van der Waals surface area (Å²) in [6, 6.07) is 30.0. The van der Waals surface area contributed by atoms with Gasteiger partial charge >= 0.3 is 0 Å². The van der Waals surface area contributed by atoms with Gasteiger partial charge in [-0.1, -0.05) is 58.0 Å². The summed E-state index contributed by atoms with van der Waals surface area (Å²) in [5.74, 6) is 2.15. The van der Waals surface area contributed by atoms with Crippen molar-refractivity contribution < 1.29 is 9.13 Å². The Balaban J connectivity index is 1.25. The number of para-hydroxylation sites is 2. The average molecular weight is 597 g/mol. The number of hydrogen-bond donors (Lipinski definition) is 0. The molecule has 0 aliphatic rings. The van der Waals surface area contributed by atoms with Crippen LogP contribution in [-0.4, -0.2) is 38.7 Å². The maximum atomic E-state index is 2.37. The van der Waals surface area contributed by atoms with Crippen molar-refractivity contribution in [2.45, 2.75) is 26.9 Å². The van der Waals surface area contributed by atoms with E-state index in [9.17, 15) is 0 Å². The largest absolute Gasteiger partial charge is 0.373 e. The fraction of sp³-hybridized carbons (Fsp3) is 0.278. The molecule has 2 aromatic carbocycles. The summed E-state index contributed by atoms with van der Waals surface area (Å²) in [4.78, 5) is 4.74. The van der Waals surface area contributed by atoms with Gasteiger partial charge in [0.1, 0.15) is 13.1 Å². The first-order chi connectivity index (χ1) is 20.6. The maximum absolute atomic E-state index is 2.37. The molecule has 0 atom stereocenters. The highest BCUT2D eigenvalue weighted by Gasteiger charge is 2.09. The van der Waals surface area contributed by atoms with Crippen LogP contribution in [0.15, 0.2) is 97.3 Å². The van der Waals surface area contributed by atoms with E-state index in [1.807, 2.05) is 21.6 Å². The fourth-order valence-corrected chi connectivity index (χ4v) is 6.95. The summed E-state index contributed by atoms with van der Waals surface area (Å²) < 4.78 is 4.52. The molecular formula is C36H44N4S2+2. The number of aryl methyl sites for hydroxylation is 2. The van der Waals surface area contributed by atoms with Crippen LogP contribution in [-0.2, 0) is 13.1 Å². The lowest BCUT2D eigenvalue weighted by Crippen LogP contribution is -2.34. The number of benzene rings is 2. The number of pyridine rings is 2. The minimum Gasteiger partial charge on any atom is -0.373 e. The number of anilines is 2. The van der Waals surface area contributed by atoms with Crippen LogP contribution in [0.2, 0.25) is 0 Å². The third kappa shape index (κ3) is 9.01. The van der Waals surface area contributed by atoms with Crippen molar-refractivity contribution in [3.63, 3.8) is 0 Å². The summed E-state index contributed by atoms with van der Waals surface area (Å²) in [5.41, 5.74) is 7.46.